The van der Waals surface area contributed by atoms with Gasteiger partial charge in [0.25, 0.3) is 11.8 Å². The molecule has 3 rings (SSSR count). The standard InChI is InChI=1S/C27H23BrClF6N3O3/c1-4-15-12-17(25(30,26(29,31)32)27(33,34)35)13-19(28)21(15)37-23(39)18-9-6-10-20(22(18)41-3)38(5-2)24(40)16-8-7-11-36-14-16/h6-14H,4-5H2,1-3H3,(H,37,39). The normalized spacial score (nSPS) is 13.3. The van der Waals surface area contributed by atoms with Crippen LogP contribution in [0.25, 0.3) is 0 Å². The van der Waals surface area contributed by atoms with Crippen LogP contribution in [-0.2, 0) is 12.1 Å². The average Bonchev–Trinajstić information content (AvgIpc) is 2.92. The zero-order chi connectivity index (χ0) is 30.8. The third-order valence-corrected chi connectivity index (χ3v) is 7.06. The molecule has 2 amide bonds. The topological polar surface area (TPSA) is 71.5 Å². The predicted molar refractivity (Wildman–Crippen MR) is 146 cm³/mol. The first-order valence-electron chi connectivity index (χ1n) is 12.0. The minimum absolute atomic E-state index is 0.0107. The molecule has 14 heteroatoms. The first-order chi connectivity index (χ1) is 19.1. The van der Waals surface area contributed by atoms with Crippen molar-refractivity contribution in [2.75, 3.05) is 23.9 Å². The third-order valence-electron chi connectivity index (χ3n) is 6.17. The molecular weight excluding hydrogens is 644 g/mol. The monoisotopic (exact) mass is 665 g/mol. The molecule has 1 aromatic heterocycles. The van der Waals surface area contributed by atoms with Crippen molar-refractivity contribution < 1.29 is 40.7 Å². The molecule has 2 aromatic carbocycles. The highest BCUT2D eigenvalue weighted by atomic mass is 79.9. The van der Waals surface area contributed by atoms with E-state index in [0.717, 1.165) is 0 Å². The van der Waals surface area contributed by atoms with E-state index in [2.05, 4.69) is 37.8 Å². The van der Waals surface area contributed by atoms with Crippen LogP contribution < -0.4 is 15.0 Å². The number of hydrogen-bond acceptors (Lipinski definition) is 4. The van der Waals surface area contributed by atoms with Crippen molar-refractivity contribution >= 4 is 50.7 Å². The molecule has 0 aliphatic carbocycles. The van der Waals surface area contributed by atoms with Crippen molar-refractivity contribution in [3.8, 4) is 5.75 Å². The van der Waals surface area contributed by atoms with Crippen molar-refractivity contribution in [1.29, 1.82) is 0 Å². The number of alkyl halides is 7. The average molecular weight is 667 g/mol. The molecule has 1 unspecified atom stereocenters. The molecule has 0 fully saturated rings. The number of nitrogens with one attached hydrogen (secondary N) is 1. The van der Waals surface area contributed by atoms with Gasteiger partial charge >= 0.3 is 17.2 Å². The zero-order valence-electron chi connectivity index (χ0n) is 21.8. The Kier molecular flexibility index (Phi) is 9.64. The Morgan fingerprint density at radius 1 is 1.07 bits per heavy atom. The second-order valence-electron chi connectivity index (χ2n) is 8.60. The summed E-state index contributed by atoms with van der Waals surface area (Å²) in [5.41, 5.74) is -6.35. The van der Waals surface area contributed by atoms with Crippen LogP contribution in [0.15, 0.2) is 59.3 Å². The van der Waals surface area contributed by atoms with Gasteiger partial charge in [0, 0.05) is 29.0 Å². The van der Waals surface area contributed by atoms with E-state index >= 15 is 0 Å². The van der Waals surface area contributed by atoms with Crippen LogP contribution in [0.4, 0.5) is 37.7 Å². The summed E-state index contributed by atoms with van der Waals surface area (Å²) in [6.45, 7) is 3.37. The third kappa shape index (κ3) is 6.15. The summed E-state index contributed by atoms with van der Waals surface area (Å²) in [4.78, 5) is 31.8. The Labute approximate surface area is 244 Å². The van der Waals surface area contributed by atoms with Gasteiger partial charge in [0.1, 0.15) is 0 Å². The zero-order valence-corrected chi connectivity index (χ0v) is 24.1. The van der Waals surface area contributed by atoms with Crippen molar-refractivity contribution in [3.05, 3.63) is 81.6 Å². The number of rotatable bonds is 9. The van der Waals surface area contributed by atoms with Gasteiger partial charge in [-0.15, -0.1) is 0 Å². The van der Waals surface area contributed by atoms with E-state index < -0.39 is 34.6 Å². The smallest absolute Gasteiger partial charge is 0.434 e. The SMILES string of the molecule is CCc1cc(C(F)(C(F)(F)F)C(F)(F)Cl)cc(Br)c1NC(=O)c1cccc(N(CC)C(=O)c2cccnc2)c1OC. The summed E-state index contributed by atoms with van der Waals surface area (Å²) in [6.07, 6.45) is -3.25. The summed E-state index contributed by atoms with van der Waals surface area (Å²) in [5, 5.41) is -2.81. The van der Waals surface area contributed by atoms with E-state index in [1.807, 2.05) is 0 Å². The number of hydrogen-bond donors (Lipinski definition) is 1. The van der Waals surface area contributed by atoms with Crippen molar-refractivity contribution in [3.63, 3.8) is 0 Å². The number of methoxy groups -OCH3 is 1. The summed E-state index contributed by atoms with van der Waals surface area (Å²) in [5.74, 6) is -1.21. The summed E-state index contributed by atoms with van der Waals surface area (Å²) < 4.78 is 88.2. The Hall–Kier alpha value is -3.32. The van der Waals surface area contributed by atoms with Gasteiger partial charge in [-0.3, -0.25) is 14.6 Å². The van der Waals surface area contributed by atoms with E-state index in [1.54, 1.807) is 25.1 Å². The molecule has 3 aromatic rings. The second kappa shape index (κ2) is 12.3. The molecule has 0 aliphatic rings. The Morgan fingerprint density at radius 2 is 1.76 bits per heavy atom. The number of pyridine rings is 1. The highest BCUT2D eigenvalue weighted by Gasteiger charge is 2.72. The maximum Gasteiger partial charge on any atom is 0.434 e. The molecule has 0 radical (unpaired) electrons. The lowest BCUT2D eigenvalue weighted by Gasteiger charge is -2.32. The van der Waals surface area contributed by atoms with E-state index in [-0.39, 0.29) is 51.3 Å². The van der Waals surface area contributed by atoms with Gasteiger partial charge in [-0.1, -0.05) is 13.0 Å². The minimum Gasteiger partial charge on any atom is -0.494 e. The molecule has 0 spiro atoms. The number of amides is 2. The fourth-order valence-electron chi connectivity index (χ4n) is 4.15. The first-order valence-corrected chi connectivity index (χ1v) is 13.1. The fraction of sp³-hybridized carbons (Fsp3) is 0.296. The molecular formula is C27H23BrClF6N3O3. The van der Waals surface area contributed by atoms with E-state index in [9.17, 15) is 35.9 Å². The molecule has 0 saturated heterocycles. The number of carbonyl (C=O) groups is 2. The molecule has 1 atom stereocenters. The van der Waals surface area contributed by atoms with Crippen molar-refractivity contribution in [1.82, 2.24) is 4.98 Å². The largest absolute Gasteiger partial charge is 0.494 e. The van der Waals surface area contributed by atoms with E-state index in [1.165, 1.54) is 43.5 Å². The molecule has 1 N–H and O–H groups in total. The molecule has 0 aliphatic heterocycles. The summed E-state index contributed by atoms with van der Waals surface area (Å²) in [6, 6.07) is 8.65. The molecule has 41 heavy (non-hydrogen) atoms. The fourth-order valence-corrected chi connectivity index (χ4v) is 4.97. The number of anilines is 2. The maximum absolute atomic E-state index is 15.0. The van der Waals surface area contributed by atoms with Crippen LogP contribution in [0.5, 0.6) is 5.75 Å². The highest BCUT2D eigenvalue weighted by Crippen LogP contribution is 2.55. The molecule has 0 bridgehead atoms. The van der Waals surface area contributed by atoms with Gasteiger partial charge in [-0.25, -0.2) is 4.39 Å². The van der Waals surface area contributed by atoms with Crippen LogP contribution in [-0.4, -0.2) is 42.0 Å². The van der Waals surface area contributed by atoms with Gasteiger partial charge in [-0.05, 0) is 82.8 Å². The Bertz CT molecular complexity index is 1420. The number of benzene rings is 2. The van der Waals surface area contributed by atoms with Crippen LogP contribution in [0.1, 0.15) is 45.7 Å². The molecule has 0 saturated carbocycles. The second-order valence-corrected chi connectivity index (χ2v) is 9.93. The molecule has 1 heterocycles. The number of carbonyl (C=O) groups excluding carboxylic acids is 2. The number of nitrogens with zero attached hydrogens (tertiary/aromatic N) is 2. The van der Waals surface area contributed by atoms with Gasteiger partial charge in [0.05, 0.1) is 29.6 Å². The van der Waals surface area contributed by atoms with Gasteiger partial charge in [-0.2, -0.15) is 22.0 Å². The Morgan fingerprint density at radius 3 is 2.27 bits per heavy atom. The quantitative estimate of drug-likeness (QED) is 0.186. The van der Waals surface area contributed by atoms with Crippen LogP contribution >= 0.6 is 27.5 Å². The van der Waals surface area contributed by atoms with Crippen molar-refractivity contribution in [2.45, 2.75) is 37.5 Å². The highest BCUT2D eigenvalue weighted by molar-refractivity contribution is 9.10. The lowest BCUT2D eigenvalue weighted by Crippen LogP contribution is -2.49. The van der Waals surface area contributed by atoms with Crippen LogP contribution in [0.2, 0.25) is 0 Å². The van der Waals surface area contributed by atoms with Crippen molar-refractivity contribution in [2.24, 2.45) is 0 Å². The number of aryl methyl sites for hydroxylation is 1. The van der Waals surface area contributed by atoms with Crippen LogP contribution in [0, 0.1) is 0 Å². The minimum atomic E-state index is -6.06. The summed E-state index contributed by atoms with van der Waals surface area (Å²) >= 11 is 7.57. The van der Waals surface area contributed by atoms with E-state index in [4.69, 9.17) is 4.74 Å². The number of aromatic nitrogens is 1. The van der Waals surface area contributed by atoms with Crippen LogP contribution in [0.3, 0.4) is 0 Å². The maximum atomic E-state index is 15.0. The number of para-hydroxylation sites is 1. The van der Waals surface area contributed by atoms with Gasteiger partial charge in [0.15, 0.2) is 5.75 Å². The first kappa shape index (κ1) is 32.2. The van der Waals surface area contributed by atoms with E-state index in [0.29, 0.717) is 12.1 Å². The lowest BCUT2D eigenvalue weighted by molar-refractivity contribution is -0.286. The van der Waals surface area contributed by atoms with Gasteiger partial charge < -0.3 is 15.0 Å². The Balaban J connectivity index is 2.06. The lowest BCUT2D eigenvalue weighted by atomic mass is 9.92. The molecule has 220 valence electrons. The summed E-state index contributed by atoms with van der Waals surface area (Å²) in [7, 11) is 1.28. The predicted octanol–water partition coefficient (Wildman–Crippen LogP) is 7.89. The number of halogens is 8. The number of ether oxygens (including phenoxy) is 1. The van der Waals surface area contributed by atoms with Gasteiger partial charge in [0.2, 0.25) is 0 Å². The molecule has 6 nitrogen and oxygen atoms in total.